The van der Waals surface area contributed by atoms with Gasteiger partial charge in [0.25, 0.3) is 0 Å². The molecule has 264 valence electrons. The molecule has 0 aromatic heterocycles. The van der Waals surface area contributed by atoms with E-state index in [9.17, 15) is 14.7 Å². The molecule has 2 spiro atoms. The zero-order chi connectivity index (χ0) is 33.1. The zero-order valence-corrected chi connectivity index (χ0v) is 29.6. The zero-order valence-electron chi connectivity index (χ0n) is 29.6. The highest BCUT2D eigenvalue weighted by molar-refractivity contribution is 5.77. The molecule has 2 heterocycles. The Morgan fingerprint density at radius 1 is 1.04 bits per heavy atom. The van der Waals surface area contributed by atoms with Gasteiger partial charge in [-0.3, -0.25) is 9.59 Å². The number of carbonyl (C=O) groups excluding carboxylic acids is 2. The van der Waals surface area contributed by atoms with Gasteiger partial charge in [0, 0.05) is 26.4 Å². The Morgan fingerprint density at radius 3 is 2.53 bits per heavy atom. The first-order valence-electron chi connectivity index (χ1n) is 19.2. The van der Waals surface area contributed by atoms with Crippen LogP contribution < -0.4 is 11.1 Å². The maximum Gasteiger partial charge on any atom is 0.223 e. The van der Waals surface area contributed by atoms with E-state index in [1.807, 2.05) is 4.90 Å². The fraction of sp³-hybridized carbons (Fsp3) is 0.947. The molecule has 47 heavy (non-hydrogen) atoms. The number of nitrogens with zero attached hydrogens (tertiary/aromatic N) is 1. The molecule has 8 rings (SSSR count). The molecule has 0 bridgehead atoms. The molecule has 6 saturated carbocycles. The molecule has 0 radical (unpaired) electrons. The number of nitrogens with one attached hydrogen (secondary N) is 1. The van der Waals surface area contributed by atoms with Crippen molar-refractivity contribution in [3.8, 4) is 0 Å². The van der Waals surface area contributed by atoms with E-state index in [1.54, 1.807) is 7.05 Å². The number of aliphatic hydroxyl groups excluding tert-OH is 1. The van der Waals surface area contributed by atoms with Gasteiger partial charge >= 0.3 is 0 Å². The first-order valence-corrected chi connectivity index (χ1v) is 19.2. The van der Waals surface area contributed by atoms with Crippen molar-refractivity contribution >= 4 is 11.8 Å². The van der Waals surface area contributed by atoms with Crippen molar-refractivity contribution in [2.75, 3.05) is 26.7 Å². The first-order chi connectivity index (χ1) is 22.3. The van der Waals surface area contributed by atoms with E-state index >= 15 is 0 Å². The smallest absolute Gasteiger partial charge is 0.223 e. The largest absolute Gasteiger partial charge is 0.388 e. The van der Waals surface area contributed by atoms with Crippen LogP contribution in [0.2, 0.25) is 0 Å². The lowest BCUT2D eigenvalue weighted by Gasteiger charge is -2.63. The molecule has 9 nitrogen and oxygen atoms in total. The lowest BCUT2D eigenvalue weighted by Crippen LogP contribution is -2.70. The van der Waals surface area contributed by atoms with E-state index in [4.69, 9.17) is 19.9 Å². The van der Waals surface area contributed by atoms with Gasteiger partial charge in [-0.25, -0.2) is 0 Å². The number of fused-ring (bicyclic) bond motifs is 4. The molecule has 13 unspecified atom stereocenters. The number of nitrogens with two attached hydrogens (primary N) is 1. The third kappa shape index (κ3) is 4.64. The lowest BCUT2D eigenvalue weighted by molar-refractivity contribution is -0.245. The summed E-state index contributed by atoms with van der Waals surface area (Å²) in [5.74, 6) is 2.34. The third-order valence-corrected chi connectivity index (χ3v) is 16.1. The summed E-state index contributed by atoms with van der Waals surface area (Å²) in [7, 11) is 1.68. The number of amides is 2. The minimum absolute atomic E-state index is 0.0171. The molecule has 8 fully saturated rings. The monoisotopic (exact) mass is 655 g/mol. The molecule has 0 aromatic rings. The molecular formula is C38H61N3O6. The van der Waals surface area contributed by atoms with Crippen LogP contribution >= 0.6 is 0 Å². The van der Waals surface area contributed by atoms with Crippen molar-refractivity contribution in [2.45, 2.75) is 147 Å². The van der Waals surface area contributed by atoms with E-state index in [-0.39, 0.29) is 69.9 Å². The van der Waals surface area contributed by atoms with Crippen LogP contribution in [0.1, 0.15) is 111 Å². The Labute approximate surface area is 281 Å². The summed E-state index contributed by atoms with van der Waals surface area (Å²) in [6, 6.07) is 0. The predicted molar refractivity (Wildman–Crippen MR) is 177 cm³/mol. The van der Waals surface area contributed by atoms with Crippen LogP contribution in [0.15, 0.2) is 0 Å². The van der Waals surface area contributed by atoms with Gasteiger partial charge in [-0.2, -0.15) is 0 Å². The summed E-state index contributed by atoms with van der Waals surface area (Å²) in [6.07, 6.45) is 11.6. The number of rotatable bonds is 7. The van der Waals surface area contributed by atoms with Crippen LogP contribution in [0.4, 0.5) is 0 Å². The quantitative estimate of drug-likeness (QED) is 0.372. The number of carbonyl (C=O) groups is 2. The summed E-state index contributed by atoms with van der Waals surface area (Å²) < 4.78 is 19.7. The van der Waals surface area contributed by atoms with E-state index in [1.165, 1.54) is 25.7 Å². The third-order valence-electron chi connectivity index (χ3n) is 16.1. The molecule has 0 aromatic carbocycles. The molecular weight excluding hydrogens is 594 g/mol. The fourth-order valence-electron chi connectivity index (χ4n) is 13.7. The topological polar surface area (TPSA) is 123 Å². The van der Waals surface area contributed by atoms with Crippen LogP contribution in [0.25, 0.3) is 0 Å². The number of morpholine rings is 1. The van der Waals surface area contributed by atoms with Gasteiger partial charge in [0.15, 0.2) is 6.29 Å². The molecule has 2 aliphatic heterocycles. The summed E-state index contributed by atoms with van der Waals surface area (Å²) in [5, 5.41) is 15.1. The Morgan fingerprint density at radius 2 is 1.79 bits per heavy atom. The normalized spacial score (nSPS) is 51.1. The van der Waals surface area contributed by atoms with Gasteiger partial charge in [0.1, 0.15) is 0 Å². The van der Waals surface area contributed by atoms with Gasteiger partial charge in [-0.05, 0) is 122 Å². The average Bonchev–Trinajstić information content (AvgIpc) is 3.96. The fourth-order valence-corrected chi connectivity index (χ4v) is 13.7. The van der Waals surface area contributed by atoms with Crippen molar-refractivity contribution in [1.82, 2.24) is 10.2 Å². The summed E-state index contributed by atoms with van der Waals surface area (Å²) in [4.78, 5) is 26.9. The van der Waals surface area contributed by atoms with Crippen molar-refractivity contribution in [3.63, 3.8) is 0 Å². The van der Waals surface area contributed by atoms with Crippen molar-refractivity contribution < 1.29 is 28.9 Å². The molecule has 8 aliphatic rings. The number of ether oxygens (including phenoxy) is 3. The molecule has 9 heteroatoms. The van der Waals surface area contributed by atoms with Gasteiger partial charge in [0.2, 0.25) is 11.8 Å². The highest BCUT2D eigenvalue weighted by Crippen LogP contribution is 2.87. The molecule has 6 aliphatic carbocycles. The van der Waals surface area contributed by atoms with Crippen molar-refractivity contribution in [1.29, 1.82) is 0 Å². The van der Waals surface area contributed by atoms with E-state index in [0.717, 1.165) is 38.5 Å². The second-order valence-corrected chi connectivity index (χ2v) is 18.4. The second kappa shape index (κ2) is 11.1. The molecule has 2 saturated heterocycles. The standard InChI is InChI=1S/C38H61N3O6/c1-22-18-24(8-11-28(42)40-5)46-32-31(22)35(4)14-15-37-21-36(37)13-12-27(34(2,3)25(36)9-10-26(37)38(35,39)33(32)44)47-30-20-41(16-17-45-30)29(43)19-23-6-7-23/h22-27,30-33,44H,6-21,39H2,1-5H3,(H,40,42). The minimum atomic E-state index is -0.694. The lowest BCUT2D eigenvalue weighted by atomic mass is 9.43. The Bertz CT molecular complexity index is 1270. The van der Waals surface area contributed by atoms with E-state index in [2.05, 4.69) is 33.0 Å². The summed E-state index contributed by atoms with van der Waals surface area (Å²) in [5.41, 5.74) is 7.32. The van der Waals surface area contributed by atoms with Crippen molar-refractivity contribution in [3.05, 3.63) is 0 Å². The summed E-state index contributed by atoms with van der Waals surface area (Å²) in [6.45, 7) is 11.3. The minimum Gasteiger partial charge on any atom is -0.388 e. The maximum atomic E-state index is 12.9. The highest BCUT2D eigenvalue weighted by Gasteiger charge is 2.85. The van der Waals surface area contributed by atoms with Crippen LogP contribution in [-0.2, 0) is 23.8 Å². The maximum absolute atomic E-state index is 12.9. The van der Waals surface area contributed by atoms with Gasteiger partial charge in [-0.15, -0.1) is 0 Å². The SMILES string of the molecule is CNC(=O)CCC1CC(C)C2C(O1)C(O)C1(N)C3CCC4C(C)(C)C(OC5CN(C(=O)CC6CC6)CCO5)CCC45CC35CCC21C. The molecule has 2 amide bonds. The number of aliphatic hydroxyl groups is 1. The molecule has 4 N–H and O–H groups in total. The van der Waals surface area contributed by atoms with Crippen LogP contribution in [0.3, 0.4) is 0 Å². The first kappa shape index (κ1) is 32.9. The predicted octanol–water partition coefficient (Wildman–Crippen LogP) is 4.39. The molecule has 13 atom stereocenters. The van der Waals surface area contributed by atoms with Crippen molar-refractivity contribution in [2.24, 2.45) is 57.0 Å². The number of hydrogen-bond donors (Lipinski definition) is 3. The van der Waals surface area contributed by atoms with Crippen LogP contribution in [0.5, 0.6) is 0 Å². The van der Waals surface area contributed by atoms with E-state index < -0.39 is 11.6 Å². The van der Waals surface area contributed by atoms with Crippen LogP contribution in [-0.4, -0.2) is 84.8 Å². The van der Waals surface area contributed by atoms with Crippen LogP contribution in [0, 0.1) is 51.2 Å². The Hall–Kier alpha value is -1.26. The van der Waals surface area contributed by atoms with Gasteiger partial charge in [0.05, 0.1) is 43.1 Å². The number of hydrogen-bond acceptors (Lipinski definition) is 7. The van der Waals surface area contributed by atoms with E-state index in [0.29, 0.717) is 56.7 Å². The Balaban J connectivity index is 0.987. The summed E-state index contributed by atoms with van der Waals surface area (Å²) >= 11 is 0. The van der Waals surface area contributed by atoms with Gasteiger partial charge < -0.3 is 35.3 Å². The Kier molecular flexibility index (Phi) is 7.79. The average molecular weight is 656 g/mol. The highest BCUT2D eigenvalue weighted by atomic mass is 16.7. The van der Waals surface area contributed by atoms with Gasteiger partial charge in [-0.1, -0.05) is 27.7 Å². The second-order valence-electron chi connectivity index (χ2n) is 18.4.